The molecule has 0 bridgehead atoms. The van der Waals surface area contributed by atoms with Gasteiger partial charge in [-0.3, -0.25) is 9.69 Å². The molecule has 2 aliphatic heterocycles. The summed E-state index contributed by atoms with van der Waals surface area (Å²) in [7, 11) is 0. The molecule has 0 saturated carbocycles. The largest absolute Gasteiger partial charge is 0.454 e. The molecule has 0 N–H and O–H groups in total. The number of carbonyl (C=O) groups is 1. The second kappa shape index (κ2) is 8.26. The lowest BCUT2D eigenvalue weighted by atomic mass is 10.2. The van der Waals surface area contributed by atoms with Crippen LogP contribution in [0.3, 0.4) is 0 Å². The third-order valence-electron chi connectivity index (χ3n) is 5.06. The van der Waals surface area contributed by atoms with E-state index in [1.54, 1.807) is 23.1 Å². The molecule has 3 aromatic rings. The maximum atomic E-state index is 13.2. The van der Waals surface area contributed by atoms with E-state index in [1.807, 2.05) is 30.3 Å². The van der Waals surface area contributed by atoms with Crippen LogP contribution in [0.15, 0.2) is 42.5 Å². The molecule has 154 valence electrons. The van der Waals surface area contributed by atoms with E-state index in [9.17, 15) is 4.79 Å². The molecule has 1 atom stereocenters. The molecule has 5 rings (SSSR count). The molecule has 0 aliphatic carbocycles. The van der Waals surface area contributed by atoms with Crippen LogP contribution in [0.2, 0.25) is 5.02 Å². The first kappa shape index (κ1) is 19.4. The summed E-state index contributed by atoms with van der Waals surface area (Å²) in [4.78, 5) is 19.5. The zero-order chi connectivity index (χ0) is 20.5. The summed E-state index contributed by atoms with van der Waals surface area (Å²) >= 11 is 7.57. The summed E-state index contributed by atoms with van der Waals surface area (Å²) in [6.07, 6.45) is 5.30. The van der Waals surface area contributed by atoms with E-state index < -0.39 is 0 Å². The Morgan fingerprint density at radius 1 is 1.23 bits per heavy atom. The molecule has 0 radical (unpaired) electrons. The number of fused-ring (bicyclic) bond motifs is 2. The summed E-state index contributed by atoms with van der Waals surface area (Å²) in [5.41, 5.74) is 1.69. The molecule has 2 aliphatic rings. The summed E-state index contributed by atoms with van der Waals surface area (Å²) in [5, 5.41) is 1.29. The van der Waals surface area contributed by atoms with Crippen molar-refractivity contribution in [3.05, 3.63) is 53.1 Å². The van der Waals surface area contributed by atoms with Gasteiger partial charge in [0.1, 0.15) is 0 Å². The lowest BCUT2D eigenvalue weighted by Crippen LogP contribution is -2.36. The van der Waals surface area contributed by atoms with Crippen LogP contribution < -0.4 is 14.4 Å². The lowest BCUT2D eigenvalue weighted by molar-refractivity contribution is -0.114. The van der Waals surface area contributed by atoms with Crippen LogP contribution in [0.4, 0.5) is 5.13 Å². The molecular weight excluding hydrogens is 424 g/mol. The maximum Gasteiger partial charge on any atom is 0.252 e. The van der Waals surface area contributed by atoms with Crippen molar-refractivity contribution in [3.63, 3.8) is 0 Å². The number of hydrogen-bond donors (Lipinski definition) is 0. The molecule has 1 fully saturated rings. The van der Waals surface area contributed by atoms with E-state index in [1.165, 1.54) is 11.3 Å². The van der Waals surface area contributed by atoms with Crippen molar-refractivity contribution in [1.82, 2.24) is 4.98 Å². The summed E-state index contributed by atoms with van der Waals surface area (Å²) < 4.78 is 17.5. The van der Waals surface area contributed by atoms with Crippen molar-refractivity contribution < 1.29 is 19.0 Å². The topological polar surface area (TPSA) is 60.9 Å². The monoisotopic (exact) mass is 442 g/mol. The standard InChI is InChI=1S/C22H19ClN2O4S/c23-15-5-6-17-20(11-15)30-22(24-17)25(12-16-2-1-9-27-16)21(26)8-4-14-3-7-18-19(10-14)29-13-28-18/h3-8,10-11,16H,1-2,9,12-13H2/b8-4+. The predicted molar refractivity (Wildman–Crippen MR) is 118 cm³/mol. The Kier molecular flexibility index (Phi) is 5.33. The minimum Gasteiger partial charge on any atom is -0.454 e. The molecule has 0 spiro atoms. The Balaban J connectivity index is 1.42. The van der Waals surface area contributed by atoms with Crippen LogP contribution in [0, 0.1) is 0 Å². The van der Waals surface area contributed by atoms with Gasteiger partial charge in [-0.2, -0.15) is 0 Å². The van der Waals surface area contributed by atoms with Gasteiger partial charge >= 0.3 is 0 Å². The molecule has 6 nitrogen and oxygen atoms in total. The van der Waals surface area contributed by atoms with Crippen LogP contribution in [0.1, 0.15) is 18.4 Å². The van der Waals surface area contributed by atoms with Crippen molar-refractivity contribution in [3.8, 4) is 11.5 Å². The molecule has 8 heteroatoms. The summed E-state index contributed by atoms with van der Waals surface area (Å²) in [6.45, 7) is 1.42. The summed E-state index contributed by atoms with van der Waals surface area (Å²) in [5.74, 6) is 1.25. The fraction of sp³-hybridized carbons (Fsp3) is 0.273. The number of nitrogens with zero attached hydrogens (tertiary/aromatic N) is 2. The zero-order valence-corrected chi connectivity index (χ0v) is 17.6. The maximum absolute atomic E-state index is 13.2. The SMILES string of the molecule is O=C(/C=C/c1ccc2c(c1)OCO2)N(CC1CCCO1)c1nc2ccc(Cl)cc2s1. The van der Waals surface area contributed by atoms with Crippen LogP contribution in [-0.2, 0) is 9.53 Å². The molecule has 1 amide bonds. The number of ether oxygens (including phenoxy) is 3. The smallest absolute Gasteiger partial charge is 0.252 e. The number of amides is 1. The van der Waals surface area contributed by atoms with Crippen molar-refractivity contribution in [2.24, 2.45) is 0 Å². The van der Waals surface area contributed by atoms with Crippen molar-refractivity contribution >= 4 is 50.3 Å². The van der Waals surface area contributed by atoms with Gasteiger partial charge in [-0.05, 0) is 54.8 Å². The number of halogens is 1. The van der Waals surface area contributed by atoms with Crippen LogP contribution in [0.5, 0.6) is 11.5 Å². The third kappa shape index (κ3) is 4.01. The molecule has 1 unspecified atom stereocenters. The highest BCUT2D eigenvalue weighted by molar-refractivity contribution is 7.22. The third-order valence-corrected chi connectivity index (χ3v) is 6.34. The molecule has 1 aromatic heterocycles. The lowest BCUT2D eigenvalue weighted by Gasteiger charge is -2.21. The van der Waals surface area contributed by atoms with Gasteiger partial charge in [-0.25, -0.2) is 4.98 Å². The number of benzene rings is 2. The van der Waals surface area contributed by atoms with Crippen LogP contribution in [-0.4, -0.2) is 36.9 Å². The van der Waals surface area contributed by atoms with Gasteiger partial charge in [-0.15, -0.1) is 0 Å². The average Bonchev–Trinajstić information content (AvgIpc) is 3.49. The Hall–Kier alpha value is -2.61. The number of carbonyl (C=O) groups excluding carboxylic acids is 1. The van der Waals surface area contributed by atoms with Crippen LogP contribution >= 0.6 is 22.9 Å². The minimum absolute atomic E-state index is 0.0171. The van der Waals surface area contributed by atoms with E-state index in [2.05, 4.69) is 4.98 Å². The van der Waals surface area contributed by atoms with Crippen LogP contribution in [0.25, 0.3) is 16.3 Å². The van der Waals surface area contributed by atoms with Gasteiger partial charge in [0, 0.05) is 17.7 Å². The Morgan fingerprint density at radius 3 is 3.00 bits per heavy atom. The van der Waals surface area contributed by atoms with Gasteiger partial charge in [0.15, 0.2) is 16.6 Å². The second-order valence-electron chi connectivity index (χ2n) is 7.14. The highest BCUT2D eigenvalue weighted by Crippen LogP contribution is 2.34. The van der Waals surface area contributed by atoms with Gasteiger partial charge in [0.05, 0.1) is 22.9 Å². The number of rotatable bonds is 5. The molecule has 1 saturated heterocycles. The number of anilines is 1. The van der Waals surface area contributed by atoms with E-state index in [-0.39, 0.29) is 18.8 Å². The first-order chi connectivity index (χ1) is 14.7. The minimum atomic E-state index is -0.145. The van der Waals surface area contributed by atoms with Crippen molar-refractivity contribution in [2.45, 2.75) is 18.9 Å². The van der Waals surface area contributed by atoms with Crippen molar-refractivity contribution in [2.75, 3.05) is 24.8 Å². The zero-order valence-electron chi connectivity index (χ0n) is 16.0. The summed E-state index contributed by atoms with van der Waals surface area (Å²) in [6, 6.07) is 11.1. The first-order valence-electron chi connectivity index (χ1n) is 9.73. The number of aromatic nitrogens is 1. The number of hydrogen-bond acceptors (Lipinski definition) is 6. The second-order valence-corrected chi connectivity index (χ2v) is 8.58. The Labute approximate surface area is 182 Å². The predicted octanol–water partition coefficient (Wildman–Crippen LogP) is 4.90. The van der Waals surface area contributed by atoms with Gasteiger partial charge in [-0.1, -0.05) is 29.0 Å². The van der Waals surface area contributed by atoms with E-state index in [0.29, 0.717) is 28.2 Å². The molecule has 2 aromatic carbocycles. The molecule has 3 heterocycles. The highest BCUT2D eigenvalue weighted by atomic mass is 35.5. The number of thiazole rings is 1. The Morgan fingerprint density at radius 2 is 2.13 bits per heavy atom. The normalized spacial score (nSPS) is 17.8. The van der Waals surface area contributed by atoms with Crippen molar-refractivity contribution in [1.29, 1.82) is 0 Å². The molecular formula is C22H19ClN2O4S. The average molecular weight is 443 g/mol. The quantitative estimate of drug-likeness (QED) is 0.526. The Bertz CT molecular complexity index is 1120. The first-order valence-corrected chi connectivity index (χ1v) is 10.9. The van der Waals surface area contributed by atoms with Gasteiger partial charge in [0.25, 0.3) is 5.91 Å². The fourth-order valence-corrected chi connectivity index (χ4v) is 4.79. The highest BCUT2D eigenvalue weighted by Gasteiger charge is 2.25. The van der Waals surface area contributed by atoms with E-state index in [4.69, 9.17) is 25.8 Å². The molecule has 30 heavy (non-hydrogen) atoms. The van der Waals surface area contributed by atoms with Gasteiger partial charge in [0.2, 0.25) is 6.79 Å². The van der Waals surface area contributed by atoms with E-state index >= 15 is 0 Å². The fourth-order valence-electron chi connectivity index (χ4n) is 3.53. The van der Waals surface area contributed by atoms with E-state index in [0.717, 1.165) is 35.2 Å². The van der Waals surface area contributed by atoms with Gasteiger partial charge < -0.3 is 14.2 Å².